The Hall–Kier alpha value is -1.68. The highest BCUT2D eigenvalue weighted by molar-refractivity contribution is 9.10. The summed E-state index contributed by atoms with van der Waals surface area (Å²) < 4.78 is 30.4. The Morgan fingerprint density at radius 2 is 1.86 bits per heavy atom. The van der Waals surface area contributed by atoms with Crippen LogP contribution in [0, 0.1) is 0 Å². The fraction of sp³-hybridized carbons (Fsp3) is 0.154. The van der Waals surface area contributed by atoms with Gasteiger partial charge in [0.25, 0.3) is 15.9 Å². The number of carbonyl (C=O) groups excluding carboxylic acids is 1. The van der Waals surface area contributed by atoms with Crippen molar-refractivity contribution in [1.29, 1.82) is 0 Å². The van der Waals surface area contributed by atoms with Gasteiger partial charge in [0.2, 0.25) is 0 Å². The number of anilines is 1. The smallest absolute Gasteiger partial charge is 0.291 e. The van der Waals surface area contributed by atoms with E-state index in [1.807, 2.05) is 0 Å². The Labute approximate surface area is 136 Å². The van der Waals surface area contributed by atoms with Gasteiger partial charge in [0.15, 0.2) is 10.4 Å². The van der Waals surface area contributed by atoms with Gasteiger partial charge in [-0.1, -0.05) is 4.47 Å². The number of hydrogen-bond acceptors (Lipinski definition) is 5. The predicted octanol–water partition coefficient (Wildman–Crippen LogP) is 2.48. The molecule has 0 aliphatic rings. The lowest BCUT2D eigenvalue weighted by Gasteiger charge is -2.14. The van der Waals surface area contributed by atoms with Crippen molar-refractivity contribution in [3.05, 3.63) is 46.8 Å². The molecule has 0 radical (unpaired) electrons. The number of nitrogens with one attached hydrogen (secondary N) is 1. The van der Waals surface area contributed by atoms with Gasteiger partial charge in [0, 0.05) is 12.7 Å². The monoisotopic (exact) mass is 388 g/mol. The van der Waals surface area contributed by atoms with Gasteiger partial charge in [-0.15, -0.1) is 0 Å². The van der Waals surface area contributed by atoms with Crippen molar-refractivity contribution in [2.45, 2.75) is 4.90 Å². The SMILES string of the molecule is CON(C)S(=O)(=O)c1ccc(NC(=O)c2ccc(Br)o2)cc1. The van der Waals surface area contributed by atoms with E-state index in [2.05, 4.69) is 26.1 Å². The topological polar surface area (TPSA) is 88.9 Å². The number of benzene rings is 1. The molecule has 0 saturated carbocycles. The lowest BCUT2D eigenvalue weighted by atomic mass is 10.3. The molecule has 1 aromatic carbocycles. The third kappa shape index (κ3) is 3.55. The Kier molecular flexibility index (Phi) is 5.01. The predicted molar refractivity (Wildman–Crippen MR) is 82.8 cm³/mol. The zero-order valence-corrected chi connectivity index (χ0v) is 14.1. The third-order valence-electron chi connectivity index (χ3n) is 2.80. The number of hydroxylamine groups is 1. The minimum atomic E-state index is -3.71. The summed E-state index contributed by atoms with van der Waals surface area (Å²) in [6, 6.07) is 8.83. The van der Waals surface area contributed by atoms with Gasteiger partial charge >= 0.3 is 0 Å². The molecule has 0 atom stereocenters. The van der Waals surface area contributed by atoms with Crippen LogP contribution in [0.4, 0.5) is 5.69 Å². The minimum absolute atomic E-state index is 0.0515. The summed E-state index contributed by atoms with van der Waals surface area (Å²) in [5, 5.41) is 2.60. The number of halogens is 1. The number of hydrogen-bond donors (Lipinski definition) is 1. The zero-order chi connectivity index (χ0) is 16.3. The number of sulfonamides is 1. The first-order valence-corrected chi connectivity index (χ1v) is 8.27. The molecule has 0 aliphatic carbocycles. The van der Waals surface area contributed by atoms with E-state index in [9.17, 15) is 13.2 Å². The molecule has 0 saturated heterocycles. The molecular weight excluding hydrogens is 376 g/mol. The number of furan rings is 1. The van der Waals surface area contributed by atoms with Crippen LogP contribution in [0.25, 0.3) is 0 Å². The van der Waals surface area contributed by atoms with Crippen LogP contribution in [0.5, 0.6) is 0 Å². The maximum Gasteiger partial charge on any atom is 0.291 e. The standard InChI is InChI=1S/C13H13BrN2O5S/c1-16(20-2)22(18,19)10-5-3-9(4-6-10)15-13(17)11-7-8-12(14)21-11/h3-8H,1-2H3,(H,15,17). The van der Waals surface area contributed by atoms with E-state index < -0.39 is 15.9 Å². The van der Waals surface area contributed by atoms with Gasteiger partial charge in [-0.3, -0.25) is 9.63 Å². The average molecular weight is 389 g/mol. The fourth-order valence-electron chi connectivity index (χ4n) is 1.59. The van der Waals surface area contributed by atoms with E-state index in [0.717, 1.165) is 4.47 Å². The summed E-state index contributed by atoms with van der Waals surface area (Å²) in [7, 11) is -1.16. The van der Waals surface area contributed by atoms with Crippen molar-refractivity contribution >= 4 is 37.5 Å². The largest absolute Gasteiger partial charge is 0.444 e. The second kappa shape index (κ2) is 6.61. The third-order valence-corrected chi connectivity index (χ3v) is 4.92. The van der Waals surface area contributed by atoms with Crippen LogP contribution < -0.4 is 5.32 Å². The molecule has 1 aromatic heterocycles. The summed E-state index contributed by atoms with van der Waals surface area (Å²) >= 11 is 3.11. The molecule has 9 heteroatoms. The van der Waals surface area contributed by atoms with Crippen molar-refractivity contribution in [3.63, 3.8) is 0 Å². The van der Waals surface area contributed by atoms with Crippen LogP contribution in [-0.2, 0) is 14.9 Å². The van der Waals surface area contributed by atoms with E-state index in [1.165, 1.54) is 44.5 Å². The molecule has 2 rings (SSSR count). The van der Waals surface area contributed by atoms with Crippen molar-refractivity contribution in [2.75, 3.05) is 19.5 Å². The van der Waals surface area contributed by atoms with Gasteiger partial charge in [0.1, 0.15) is 0 Å². The van der Waals surface area contributed by atoms with E-state index in [1.54, 1.807) is 6.07 Å². The molecule has 22 heavy (non-hydrogen) atoms. The molecular formula is C13H13BrN2O5S. The lowest BCUT2D eigenvalue weighted by molar-refractivity contribution is -0.0258. The van der Waals surface area contributed by atoms with Crippen LogP contribution in [0.15, 0.2) is 50.4 Å². The summed E-state index contributed by atoms with van der Waals surface area (Å²) in [6.07, 6.45) is 0. The molecule has 1 heterocycles. The molecule has 0 spiro atoms. The van der Waals surface area contributed by atoms with Crippen molar-refractivity contribution < 1.29 is 22.5 Å². The molecule has 118 valence electrons. The van der Waals surface area contributed by atoms with Gasteiger partial charge < -0.3 is 9.73 Å². The summed E-state index contributed by atoms with van der Waals surface area (Å²) in [4.78, 5) is 16.6. The quantitative estimate of drug-likeness (QED) is 0.794. The van der Waals surface area contributed by atoms with Gasteiger partial charge in [-0.05, 0) is 52.3 Å². The maximum atomic E-state index is 12.0. The first-order chi connectivity index (χ1) is 10.3. The molecule has 0 aliphatic heterocycles. The van der Waals surface area contributed by atoms with E-state index in [4.69, 9.17) is 4.42 Å². The summed E-state index contributed by atoms with van der Waals surface area (Å²) in [6.45, 7) is 0. The van der Waals surface area contributed by atoms with Crippen LogP contribution in [0.3, 0.4) is 0 Å². The number of carbonyl (C=O) groups is 1. The number of nitrogens with zero attached hydrogens (tertiary/aromatic N) is 1. The normalized spacial score (nSPS) is 11.6. The Balaban J connectivity index is 2.14. The van der Waals surface area contributed by atoms with E-state index in [0.29, 0.717) is 10.4 Å². The Morgan fingerprint density at radius 1 is 1.23 bits per heavy atom. The lowest BCUT2D eigenvalue weighted by Crippen LogP contribution is -2.25. The highest BCUT2D eigenvalue weighted by atomic mass is 79.9. The minimum Gasteiger partial charge on any atom is -0.444 e. The fourth-order valence-corrected chi connectivity index (χ4v) is 2.87. The highest BCUT2D eigenvalue weighted by Gasteiger charge is 2.20. The first kappa shape index (κ1) is 16.7. The van der Waals surface area contributed by atoms with Gasteiger partial charge in [-0.2, -0.15) is 0 Å². The molecule has 0 unspecified atom stereocenters. The van der Waals surface area contributed by atoms with E-state index >= 15 is 0 Å². The molecule has 0 fully saturated rings. The van der Waals surface area contributed by atoms with Crippen molar-refractivity contribution in [3.8, 4) is 0 Å². The molecule has 7 nitrogen and oxygen atoms in total. The van der Waals surface area contributed by atoms with Crippen LogP contribution >= 0.6 is 15.9 Å². The van der Waals surface area contributed by atoms with Crippen molar-refractivity contribution in [2.24, 2.45) is 0 Å². The van der Waals surface area contributed by atoms with Crippen LogP contribution in [-0.4, -0.2) is 33.0 Å². The zero-order valence-electron chi connectivity index (χ0n) is 11.7. The molecule has 1 N–H and O–H groups in total. The average Bonchev–Trinajstić information content (AvgIpc) is 2.93. The maximum absolute atomic E-state index is 12.0. The van der Waals surface area contributed by atoms with Gasteiger partial charge in [0.05, 0.1) is 12.0 Å². The summed E-state index contributed by atoms with van der Waals surface area (Å²) in [5.41, 5.74) is 0.441. The van der Waals surface area contributed by atoms with Crippen molar-refractivity contribution in [1.82, 2.24) is 4.47 Å². The first-order valence-electron chi connectivity index (χ1n) is 6.04. The van der Waals surface area contributed by atoms with Gasteiger partial charge in [-0.25, -0.2) is 8.42 Å². The number of amides is 1. The van der Waals surface area contributed by atoms with E-state index in [-0.39, 0.29) is 10.7 Å². The Bertz CT molecular complexity index is 770. The second-order valence-corrected chi connectivity index (χ2v) is 6.90. The molecule has 1 amide bonds. The van der Waals surface area contributed by atoms with Crippen LogP contribution in [0.2, 0.25) is 0 Å². The summed E-state index contributed by atoms with van der Waals surface area (Å²) in [5.74, 6) is -0.294. The Morgan fingerprint density at radius 3 is 2.36 bits per heavy atom. The second-order valence-electron chi connectivity index (χ2n) is 4.18. The number of rotatable bonds is 5. The molecule has 0 bridgehead atoms. The molecule has 2 aromatic rings. The van der Waals surface area contributed by atoms with Crippen LogP contribution in [0.1, 0.15) is 10.6 Å². The highest BCUT2D eigenvalue weighted by Crippen LogP contribution is 2.19.